The van der Waals surface area contributed by atoms with Crippen molar-refractivity contribution in [3.63, 3.8) is 0 Å². The lowest BCUT2D eigenvalue weighted by molar-refractivity contribution is 1.16. The maximum Gasteiger partial charge on any atom is 0.144 e. The van der Waals surface area contributed by atoms with E-state index in [1.54, 1.807) is 0 Å². The van der Waals surface area contributed by atoms with Gasteiger partial charge in [-0.1, -0.05) is 127 Å². The highest BCUT2D eigenvalue weighted by Crippen LogP contribution is 2.44. The summed E-state index contributed by atoms with van der Waals surface area (Å²) < 4.78 is 2.13. The second-order valence-electron chi connectivity index (χ2n) is 10.4. The number of benzene rings is 6. The van der Waals surface area contributed by atoms with Crippen molar-refractivity contribution >= 4 is 27.1 Å². The largest absolute Gasteiger partial charge is 0.300 e. The quantitative estimate of drug-likeness (QED) is 0.210. The van der Waals surface area contributed by atoms with Crippen LogP contribution in [0.25, 0.3) is 71.8 Å². The summed E-state index contributed by atoms with van der Waals surface area (Å²) in [5.74, 6) is 0.955. The third-order valence-electron chi connectivity index (χ3n) is 8.06. The molecule has 0 N–H and O–H groups in total. The van der Waals surface area contributed by atoms with Gasteiger partial charge in [0.15, 0.2) is 0 Å². The van der Waals surface area contributed by atoms with E-state index < -0.39 is 0 Å². The van der Waals surface area contributed by atoms with Gasteiger partial charge in [0, 0.05) is 11.8 Å². The first-order valence-corrected chi connectivity index (χ1v) is 14.0. The van der Waals surface area contributed by atoms with Gasteiger partial charge < -0.3 is 0 Å². The molecule has 2 aromatic heterocycles. The van der Waals surface area contributed by atoms with Crippen molar-refractivity contribution in [2.45, 2.75) is 0 Å². The summed E-state index contributed by atoms with van der Waals surface area (Å²) in [4.78, 5) is 4.68. The number of fused-ring (bicyclic) bond motifs is 3. The van der Waals surface area contributed by atoms with E-state index in [2.05, 4.69) is 149 Å². The van der Waals surface area contributed by atoms with Crippen LogP contribution in [0.4, 0.5) is 0 Å². The van der Waals surface area contributed by atoms with Crippen LogP contribution < -0.4 is 0 Å². The summed E-state index contributed by atoms with van der Waals surface area (Å²) in [5, 5.41) is 5.06. The minimum Gasteiger partial charge on any atom is -0.300 e. The Balaban J connectivity index is 1.35. The van der Waals surface area contributed by atoms with Gasteiger partial charge >= 0.3 is 0 Å². The van der Waals surface area contributed by atoms with E-state index in [1.165, 1.54) is 54.9 Å². The van der Waals surface area contributed by atoms with Gasteiger partial charge in [-0.05, 0) is 73.1 Å². The van der Waals surface area contributed by atoms with Gasteiger partial charge in [-0.3, -0.25) is 4.40 Å². The third kappa shape index (κ3) is 3.92. The zero-order valence-electron chi connectivity index (χ0n) is 22.4. The molecule has 0 atom stereocenters. The fraction of sp³-hybridized carbons (Fsp3) is 0. The van der Waals surface area contributed by atoms with Crippen molar-refractivity contribution in [1.82, 2.24) is 9.38 Å². The third-order valence-corrected chi connectivity index (χ3v) is 8.06. The number of aromatic nitrogens is 2. The number of imidazole rings is 1. The molecule has 0 saturated carbocycles. The summed E-state index contributed by atoms with van der Waals surface area (Å²) in [6, 6.07) is 52.3. The highest BCUT2D eigenvalue weighted by atomic mass is 15.0. The second kappa shape index (κ2) is 9.62. The molecule has 2 heterocycles. The topological polar surface area (TPSA) is 17.3 Å². The molecule has 192 valence electrons. The Labute approximate surface area is 238 Å². The fourth-order valence-electron chi connectivity index (χ4n) is 6.16. The zero-order valence-corrected chi connectivity index (χ0v) is 22.4. The molecule has 0 aliphatic carbocycles. The minimum absolute atomic E-state index is 0.955. The van der Waals surface area contributed by atoms with Crippen LogP contribution in [0.1, 0.15) is 0 Å². The Hall–Kier alpha value is -5.47. The molecule has 0 aliphatic heterocycles. The molecule has 0 saturated heterocycles. The lowest BCUT2D eigenvalue weighted by Crippen LogP contribution is -1.92. The summed E-state index contributed by atoms with van der Waals surface area (Å²) in [5.41, 5.74) is 9.60. The maximum absolute atomic E-state index is 4.68. The highest BCUT2D eigenvalue weighted by Gasteiger charge is 2.17. The van der Waals surface area contributed by atoms with Crippen molar-refractivity contribution in [3.8, 4) is 44.8 Å². The van der Waals surface area contributed by atoms with Gasteiger partial charge in [0.05, 0.1) is 11.7 Å². The Morgan fingerprint density at radius 1 is 0.390 bits per heavy atom. The van der Waals surface area contributed by atoms with Gasteiger partial charge in [0.1, 0.15) is 5.82 Å². The molecular weight excluding hydrogens is 496 g/mol. The summed E-state index contributed by atoms with van der Waals surface area (Å²) >= 11 is 0. The highest BCUT2D eigenvalue weighted by molar-refractivity contribution is 6.21. The van der Waals surface area contributed by atoms with E-state index in [-0.39, 0.29) is 0 Å². The lowest BCUT2D eigenvalue weighted by Gasteiger charge is -2.18. The van der Waals surface area contributed by atoms with E-state index in [4.69, 9.17) is 0 Å². The molecule has 2 heteroatoms. The first-order chi connectivity index (χ1) is 20.3. The van der Waals surface area contributed by atoms with Crippen molar-refractivity contribution < 1.29 is 0 Å². The molecular formula is C39H26N2. The molecule has 0 fully saturated rings. The molecule has 0 bridgehead atoms. The van der Waals surface area contributed by atoms with Gasteiger partial charge in [-0.25, -0.2) is 4.98 Å². The molecule has 0 radical (unpaired) electrons. The molecule has 0 spiro atoms. The Morgan fingerprint density at radius 2 is 0.927 bits per heavy atom. The van der Waals surface area contributed by atoms with E-state index >= 15 is 0 Å². The molecule has 41 heavy (non-hydrogen) atoms. The second-order valence-corrected chi connectivity index (χ2v) is 10.4. The van der Waals surface area contributed by atoms with E-state index in [1.807, 2.05) is 18.3 Å². The number of rotatable bonds is 4. The van der Waals surface area contributed by atoms with Gasteiger partial charge in [0.2, 0.25) is 0 Å². The van der Waals surface area contributed by atoms with Crippen molar-refractivity contribution in [2.75, 3.05) is 0 Å². The maximum atomic E-state index is 4.68. The smallest absolute Gasteiger partial charge is 0.144 e. The summed E-state index contributed by atoms with van der Waals surface area (Å²) in [6.07, 6.45) is 3.99. The first-order valence-electron chi connectivity index (χ1n) is 14.0. The monoisotopic (exact) mass is 522 g/mol. The first kappa shape index (κ1) is 23.4. The number of pyridine rings is 1. The number of nitrogens with zero attached hydrogens (tertiary/aromatic N) is 2. The van der Waals surface area contributed by atoms with Crippen LogP contribution in [-0.4, -0.2) is 9.38 Å². The van der Waals surface area contributed by atoms with Gasteiger partial charge in [-0.2, -0.15) is 0 Å². The predicted molar refractivity (Wildman–Crippen MR) is 172 cm³/mol. The van der Waals surface area contributed by atoms with Gasteiger partial charge in [-0.15, -0.1) is 0 Å². The summed E-state index contributed by atoms with van der Waals surface area (Å²) in [6.45, 7) is 0. The van der Waals surface area contributed by atoms with Crippen molar-refractivity contribution in [1.29, 1.82) is 0 Å². The molecule has 8 aromatic rings. The van der Waals surface area contributed by atoms with Crippen LogP contribution in [0.5, 0.6) is 0 Å². The Morgan fingerprint density at radius 3 is 1.61 bits per heavy atom. The van der Waals surface area contributed by atoms with Crippen LogP contribution in [0.2, 0.25) is 0 Å². The van der Waals surface area contributed by atoms with Gasteiger partial charge in [0.25, 0.3) is 0 Å². The minimum atomic E-state index is 0.955. The van der Waals surface area contributed by atoms with Crippen LogP contribution in [0.15, 0.2) is 158 Å². The number of hydrogen-bond donors (Lipinski definition) is 0. The molecule has 6 aromatic carbocycles. The van der Waals surface area contributed by atoms with E-state index in [0.29, 0.717) is 0 Å². The van der Waals surface area contributed by atoms with Crippen LogP contribution in [0, 0.1) is 0 Å². The van der Waals surface area contributed by atoms with E-state index in [0.717, 1.165) is 16.9 Å². The lowest BCUT2D eigenvalue weighted by atomic mass is 9.85. The zero-order chi connectivity index (χ0) is 27.2. The Bertz CT molecular complexity index is 2170. The molecule has 2 nitrogen and oxygen atoms in total. The average molecular weight is 523 g/mol. The average Bonchev–Trinajstić information content (AvgIpc) is 3.48. The van der Waals surface area contributed by atoms with Crippen LogP contribution >= 0.6 is 0 Å². The van der Waals surface area contributed by atoms with E-state index in [9.17, 15) is 0 Å². The van der Waals surface area contributed by atoms with Crippen molar-refractivity contribution in [2.24, 2.45) is 0 Å². The normalized spacial score (nSPS) is 11.4. The fourth-order valence-corrected chi connectivity index (χ4v) is 6.16. The summed E-state index contributed by atoms with van der Waals surface area (Å²) in [7, 11) is 0. The van der Waals surface area contributed by atoms with Crippen molar-refractivity contribution in [3.05, 3.63) is 158 Å². The molecule has 0 aliphatic rings. The SMILES string of the molecule is c1ccc(-c2c3ccccc3c(-c3ccccc3)c3cc(-c4ccc(-c5ncc6ccccn56)cc4)ccc23)cc1. The number of hydrogen-bond acceptors (Lipinski definition) is 1. The molecule has 8 rings (SSSR count). The predicted octanol–water partition coefficient (Wildman–Crippen LogP) is 10.3. The Kier molecular flexibility index (Phi) is 5.49. The standard InChI is InChI=1S/C39H26N2/c1-3-11-28(12-4-1)37-33-16-7-8-17-34(33)38(29-13-5-2-6-14-29)36-25-31(22-23-35(36)37)27-18-20-30(21-19-27)39-40-26-32-15-9-10-24-41(32)39/h1-26H. The molecule has 0 amide bonds. The van der Waals surface area contributed by atoms with Crippen LogP contribution in [-0.2, 0) is 0 Å². The molecule has 0 unspecified atom stereocenters. The van der Waals surface area contributed by atoms with Crippen LogP contribution in [0.3, 0.4) is 0 Å².